The Balaban J connectivity index is 3.45. The summed E-state index contributed by atoms with van der Waals surface area (Å²) in [6, 6.07) is -0.440. The lowest BCUT2D eigenvalue weighted by Gasteiger charge is -2.12. The maximum atomic E-state index is 10.3. The molecule has 3 nitrogen and oxygen atoms in total. The number of thioether (sulfide) groups is 1. The first-order chi connectivity index (χ1) is 5.07. The molecule has 0 aromatic carbocycles. The van der Waals surface area contributed by atoms with E-state index in [9.17, 15) is 4.79 Å². The lowest BCUT2D eigenvalue weighted by molar-refractivity contribution is -0.138. The van der Waals surface area contributed by atoms with Gasteiger partial charge in [0.1, 0.15) is 6.04 Å². The van der Waals surface area contributed by atoms with Crippen LogP contribution in [-0.2, 0) is 4.79 Å². The highest BCUT2D eigenvalue weighted by Gasteiger charge is 2.10. The molecular weight excluding hydrogens is 162 g/mol. The van der Waals surface area contributed by atoms with Gasteiger partial charge in [-0.25, -0.2) is 0 Å². The fraction of sp³-hybridized carbons (Fsp3) is 0.857. The number of carbonyl (C=O) groups is 1. The summed E-state index contributed by atoms with van der Waals surface area (Å²) in [5.41, 5.74) is 0. The van der Waals surface area contributed by atoms with Crippen molar-refractivity contribution in [1.82, 2.24) is 5.32 Å². The third-order valence-corrected chi connectivity index (χ3v) is 2.46. The molecule has 0 aromatic heterocycles. The number of aliphatic carboxylic acids is 1. The summed E-state index contributed by atoms with van der Waals surface area (Å²) in [5, 5.41) is 11.9. The van der Waals surface area contributed by atoms with Crippen LogP contribution in [0.3, 0.4) is 0 Å². The predicted molar refractivity (Wildman–Crippen MR) is 48.1 cm³/mol. The van der Waals surface area contributed by atoms with Crippen LogP contribution >= 0.6 is 11.8 Å². The van der Waals surface area contributed by atoms with E-state index in [4.69, 9.17) is 5.11 Å². The number of rotatable bonds is 5. The molecule has 0 amide bonds. The third kappa shape index (κ3) is 5.09. The van der Waals surface area contributed by atoms with E-state index in [1.165, 1.54) is 0 Å². The van der Waals surface area contributed by atoms with E-state index in [0.717, 1.165) is 6.54 Å². The van der Waals surface area contributed by atoms with Crippen molar-refractivity contribution >= 4 is 17.7 Å². The molecule has 0 aliphatic rings. The van der Waals surface area contributed by atoms with Crippen molar-refractivity contribution in [3.63, 3.8) is 0 Å². The molecule has 0 spiro atoms. The summed E-state index contributed by atoms with van der Waals surface area (Å²) in [7, 11) is 0. The summed E-state index contributed by atoms with van der Waals surface area (Å²) in [5.74, 6) is -0.793. The number of nitrogens with one attached hydrogen (secondary N) is 1. The molecule has 2 unspecified atom stereocenters. The molecule has 2 atom stereocenters. The Morgan fingerprint density at radius 2 is 2.18 bits per heavy atom. The second-order valence-electron chi connectivity index (χ2n) is 2.51. The van der Waals surface area contributed by atoms with Crippen molar-refractivity contribution in [2.45, 2.75) is 25.1 Å². The van der Waals surface area contributed by atoms with E-state index < -0.39 is 12.0 Å². The second kappa shape index (κ2) is 5.43. The molecule has 0 saturated carbocycles. The van der Waals surface area contributed by atoms with Crippen LogP contribution in [0.5, 0.6) is 0 Å². The highest BCUT2D eigenvalue weighted by atomic mass is 32.2. The van der Waals surface area contributed by atoms with E-state index in [0.29, 0.717) is 5.25 Å². The van der Waals surface area contributed by atoms with Crippen molar-refractivity contribution in [3.05, 3.63) is 0 Å². The van der Waals surface area contributed by atoms with Gasteiger partial charge in [0, 0.05) is 11.8 Å². The molecule has 0 aliphatic carbocycles. The molecule has 0 saturated heterocycles. The van der Waals surface area contributed by atoms with Gasteiger partial charge < -0.3 is 10.4 Å². The molecule has 4 heteroatoms. The Kier molecular flexibility index (Phi) is 5.32. The van der Waals surface area contributed by atoms with Gasteiger partial charge in [0.2, 0.25) is 0 Å². The highest BCUT2D eigenvalue weighted by Crippen LogP contribution is 2.02. The predicted octanol–water partition coefficient (Wildman–Crippen LogP) is 0.801. The van der Waals surface area contributed by atoms with Gasteiger partial charge in [0.05, 0.1) is 0 Å². The fourth-order valence-electron chi connectivity index (χ4n) is 0.513. The summed E-state index contributed by atoms with van der Waals surface area (Å²) in [6.07, 6.45) is 2.01. The lowest BCUT2D eigenvalue weighted by Crippen LogP contribution is -2.37. The largest absolute Gasteiger partial charge is 0.480 e. The van der Waals surface area contributed by atoms with Crippen LogP contribution in [-0.4, -0.2) is 35.2 Å². The van der Waals surface area contributed by atoms with Crippen molar-refractivity contribution < 1.29 is 9.90 Å². The van der Waals surface area contributed by atoms with Gasteiger partial charge in [-0.3, -0.25) is 4.79 Å². The molecule has 0 bridgehead atoms. The van der Waals surface area contributed by atoms with Gasteiger partial charge in [0.15, 0.2) is 0 Å². The first-order valence-corrected chi connectivity index (χ1v) is 4.85. The minimum atomic E-state index is -0.793. The Hall–Kier alpha value is -0.220. The standard InChI is InChI=1S/C7H15NO2S/c1-5(11-3)4-8-6(2)7(9)10/h5-6,8H,4H2,1-3H3,(H,9,10). The van der Waals surface area contributed by atoms with Crippen molar-refractivity contribution in [1.29, 1.82) is 0 Å². The Bertz CT molecular complexity index is 130. The second-order valence-corrected chi connectivity index (χ2v) is 3.79. The smallest absolute Gasteiger partial charge is 0.320 e. The molecule has 2 N–H and O–H groups in total. The van der Waals surface area contributed by atoms with Gasteiger partial charge in [-0.15, -0.1) is 0 Å². The maximum absolute atomic E-state index is 10.3. The van der Waals surface area contributed by atoms with Gasteiger partial charge >= 0.3 is 5.97 Å². The number of carboxylic acid groups (broad SMARTS) is 1. The van der Waals surface area contributed by atoms with Crippen LogP contribution in [0.15, 0.2) is 0 Å². The van der Waals surface area contributed by atoms with Crippen LogP contribution in [0.1, 0.15) is 13.8 Å². The zero-order valence-electron chi connectivity index (χ0n) is 7.13. The minimum absolute atomic E-state index is 0.440. The van der Waals surface area contributed by atoms with Gasteiger partial charge in [-0.2, -0.15) is 11.8 Å². The number of hydrogen-bond donors (Lipinski definition) is 2. The highest BCUT2D eigenvalue weighted by molar-refractivity contribution is 7.99. The molecule has 66 valence electrons. The van der Waals surface area contributed by atoms with Crippen LogP contribution in [0, 0.1) is 0 Å². The first-order valence-electron chi connectivity index (χ1n) is 3.57. The zero-order chi connectivity index (χ0) is 8.85. The van der Waals surface area contributed by atoms with Crippen molar-refractivity contribution in [2.75, 3.05) is 12.8 Å². The topological polar surface area (TPSA) is 49.3 Å². The summed E-state index contributed by atoms with van der Waals surface area (Å²) in [4.78, 5) is 10.3. The van der Waals surface area contributed by atoms with E-state index in [1.807, 2.05) is 6.26 Å². The quantitative estimate of drug-likeness (QED) is 0.652. The van der Waals surface area contributed by atoms with Crippen LogP contribution in [0.4, 0.5) is 0 Å². The van der Waals surface area contributed by atoms with E-state index in [1.54, 1.807) is 18.7 Å². The SMILES string of the molecule is CSC(C)CNC(C)C(=O)O. The molecule has 0 aromatic rings. The molecule has 11 heavy (non-hydrogen) atoms. The van der Waals surface area contributed by atoms with E-state index >= 15 is 0 Å². The van der Waals surface area contributed by atoms with Crippen LogP contribution in [0.25, 0.3) is 0 Å². The van der Waals surface area contributed by atoms with Crippen LogP contribution in [0.2, 0.25) is 0 Å². The average molecular weight is 177 g/mol. The third-order valence-electron chi connectivity index (χ3n) is 1.48. The number of hydrogen-bond acceptors (Lipinski definition) is 3. The summed E-state index contributed by atoms with van der Waals surface area (Å²) >= 11 is 1.72. The molecule has 0 fully saturated rings. The van der Waals surface area contributed by atoms with Gasteiger partial charge in [-0.05, 0) is 13.2 Å². The molecule has 0 rings (SSSR count). The molecule has 0 heterocycles. The zero-order valence-corrected chi connectivity index (χ0v) is 7.94. The van der Waals surface area contributed by atoms with Crippen molar-refractivity contribution in [3.8, 4) is 0 Å². The molecule has 0 radical (unpaired) electrons. The number of carboxylic acids is 1. The first kappa shape index (κ1) is 10.8. The molecular formula is C7H15NO2S. The maximum Gasteiger partial charge on any atom is 0.320 e. The van der Waals surface area contributed by atoms with E-state index in [2.05, 4.69) is 12.2 Å². The van der Waals surface area contributed by atoms with E-state index in [-0.39, 0.29) is 0 Å². The van der Waals surface area contributed by atoms with Crippen molar-refractivity contribution in [2.24, 2.45) is 0 Å². The summed E-state index contributed by atoms with van der Waals surface area (Å²) in [6.45, 7) is 4.45. The summed E-state index contributed by atoms with van der Waals surface area (Å²) < 4.78 is 0. The minimum Gasteiger partial charge on any atom is -0.480 e. The van der Waals surface area contributed by atoms with Crippen LogP contribution < -0.4 is 5.32 Å². The Morgan fingerprint density at radius 1 is 1.64 bits per heavy atom. The Labute approximate surface area is 71.6 Å². The monoisotopic (exact) mass is 177 g/mol. The Morgan fingerprint density at radius 3 is 2.55 bits per heavy atom. The lowest BCUT2D eigenvalue weighted by atomic mass is 10.3. The fourth-order valence-corrected chi connectivity index (χ4v) is 0.776. The average Bonchev–Trinajstić information content (AvgIpc) is 1.99. The molecule has 0 aliphatic heterocycles. The van der Waals surface area contributed by atoms with Gasteiger partial charge in [-0.1, -0.05) is 6.92 Å². The normalized spacial score (nSPS) is 15.9. The van der Waals surface area contributed by atoms with Gasteiger partial charge in [0.25, 0.3) is 0 Å².